The van der Waals surface area contributed by atoms with Crippen molar-refractivity contribution < 1.29 is 14.3 Å². The van der Waals surface area contributed by atoms with Gasteiger partial charge in [-0.3, -0.25) is 14.5 Å². The van der Waals surface area contributed by atoms with Crippen LogP contribution in [0.5, 0.6) is 0 Å². The zero-order chi connectivity index (χ0) is 25.4. The number of halogens is 1. The molecule has 1 atom stereocenters. The van der Waals surface area contributed by atoms with Gasteiger partial charge in [-0.15, -0.1) is 11.3 Å². The number of thiazole rings is 1. The van der Waals surface area contributed by atoms with E-state index in [1.807, 2.05) is 80.7 Å². The molecule has 0 radical (unpaired) electrons. The minimum Gasteiger partial charge on any atom is -0.460 e. The Hall–Kier alpha value is -2.70. The molecule has 0 bridgehead atoms. The van der Waals surface area contributed by atoms with Crippen molar-refractivity contribution in [3.05, 3.63) is 70.6 Å². The Kier molecular flexibility index (Phi) is 9.47. The summed E-state index contributed by atoms with van der Waals surface area (Å²) in [6, 6.07) is 17.3. The van der Waals surface area contributed by atoms with Crippen LogP contribution in [0.15, 0.2) is 60.0 Å². The van der Waals surface area contributed by atoms with Crippen molar-refractivity contribution in [3.63, 3.8) is 0 Å². The van der Waals surface area contributed by atoms with E-state index in [0.717, 1.165) is 29.7 Å². The third-order valence-electron chi connectivity index (χ3n) is 5.38. The SMILES string of the molecule is CCCCN(C(=O)[C@@H](CC(=O)OC(C)(C)C)Cc1ccccc1)c1nc(-c2ccccc2Cl)cs1. The van der Waals surface area contributed by atoms with E-state index in [0.29, 0.717) is 23.1 Å². The summed E-state index contributed by atoms with van der Waals surface area (Å²) in [5.41, 5.74) is 1.95. The Morgan fingerprint density at radius 1 is 1.09 bits per heavy atom. The average Bonchev–Trinajstić information content (AvgIpc) is 3.28. The van der Waals surface area contributed by atoms with E-state index in [4.69, 9.17) is 21.3 Å². The molecular weight excluding hydrogens is 480 g/mol. The number of amides is 1. The van der Waals surface area contributed by atoms with E-state index < -0.39 is 11.5 Å². The van der Waals surface area contributed by atoms with Gasteiger partial charge < -0.3 is 4.74 Å². The quantitative estimate of drug-likeness (QED) is 0.270. The number of aromatic nitrogens is 1. The molecular formula is C28H33ClN2O3S. The van der Waals surface area contributed by atoms with Gasteiger partial charge in [0.15, 0.2) is 5.13 Å². The molecule has 0 fully saturated rings. The molecule has 1 aromatic heterocycles. The van der Waals surface area contributed by atoms with Gasteiger partial charge in [0.1, 0.15) is 5.60 Å². The number of unbranched alkanes of at least 4 members (excludes halogenated alkanes) is 1. The topological polar surface area (TPSA) is 59.5 Å². The van der Waals surface area contributed by atoms with Gasteiger partial charge in [0.2, 0.25) is 5.91 Å². The Morgan fingerprint density at radius 3 is 2.43 bits per heavy atom. The van der Waals surface area contributed by atoms with Gasteiger partial charge in [-0.05, 0) is 45.2 Å². The van der Waals surface area contributed by atoms with Gasteiger partial charge >= 0.3 is 5.97 Å². The average molecular weight is 513 g/mol. The largest absolute Gasteiger partial charge is 0.460 e. The number of hydrogen-bond donors (Lipinski definition) is 0. The fraction of sp³-hybridized carbons (Fsp3) is 0.393. The predicted octanol–water partition coefficient (Wildman–Crippen LogP) is 7.19. The smallest absolute Gasteiger partial charge is 0.307 e. The number of nitrogens with zero attached hydrogens (tertiary/aromatic N) is 2. The van der Waals surface area contributed by atoms with Gasteiger partial charge in [0.25, 0.3) is 0 Å². The summed E-state index contributed by atoms with van der Waals surface area (Å²) in [6.45, 7) is 8.11. The number of benzene rings is 2. The van der Waals surface area contributed by atoms with Crippen molar-refractivity contribution in [2.75, 3.05) is 11.4 Å². The van der Waals surface area contributed by atoms with Crippen molar-refractivity contribution in [1.82, 2.24) is 4.98 Å². The first-order chi connectivity index (χ1) is 16.7. The highest BCUT2D eigenvalue weighted by Gasteiger charge is 2.31. The molecule has 0 aliphatic rings. The highest BCUT2D eigenvalue weighted by atomic mass is 35.5. The van der Waals surface area contributed by atoms with Crippen LogP contribution in [0, 0.1) is 5.92 Å². The van der Waals surface area contributed by atoms with E-state index in [-0.39, 0.29) is 18.3 Å². The van der Waals surface area contributed by atoms with Crippen molar-refractivity contribution in [3.8, 4) is 11.3 Å². The number of rotatable bonds is 10. The van der Waals surface area contributed by atoms with E-state index in [9.17, 15) is 9.59 Å². The molecule has 186 valence electrons. The number of hydrogen-bond acceptors (Lipinski definition) is 5. The van der Waals surface area contributed by atoms with Gasteiger partial charge in [-0.25, -0.2) is 4.98 Å². The summed E-state index contributed by atoms with van der Waals surface area (Å²) in [6.07, 6.45) is 2.22. The Bertz CT molecular complexity index is 1120. The Labute approximate surface area is 217 Å². The number of ether oxygens (including phenoxy) is 1. The fourth-order valence-electron chi connectivity index (χ4n) is 3.75. The lowest BCUT2D eigenvalue weighted by Crippen LogP contribution is -2.39. The Balaban J connectivity index is 1.91. The lowest BCUT2D eigenvalue weighted by molar-refractivity contribution is -0.157. The minimum absolute atomic E-state index is 0.0103. The van der Waals surface area contributed by atoms with Crippen molar-refractivity contribution in [1.29, 1.82) is 0 Å². The molecule has 2 aromatic carbocycles. The standard InChI is InChI=1S/C28H33ClN2O3S/c1-5-6-16-31(27-30-24(19-35-27)22-14-10-11-15-23(22)29)26(33)21(17-20-12-8-7-9-13-20)18-25(32)34-28(2,3)4/h7-15,19,21H,5-6,16-18H2,1-4H3/t21-/m1/s1. The molecule has 0 aliphatic carbocycles. The number of anilines is 1. The monoisotopic (exact) mass is 512 g/mol. The van der Waals surface area contributed by atoms with Crippen molar-refractivity contribution in [2.24, 2.45) is 5.92 Å². The number of esters is 1. The highest BCUT2D eigenvalue weighted by Crippen LogP contribution is 2.33. The summed E-state index contributed by atoms with van der Waals surface area (Å²) < 4.78 is 5.56. The second-order valence-corrected chi connectivity index (χ2v) is 10.8. The molecule has 0 spiro atoms. The first-order valence-corrected chi connectivity index (χ1v) is 13.2. The number of carbonyl (C=O) groups is 2. The molecule has 7 heteroatoms. The molecule has 3 aromatic rings. The van der Waals surface area contributed by atoms with Crippen molar-refractivity contribution >= 4 is 39.9 Å². The first-order valence-electron chi connectivity index (χ1n) is 12.0. The molecule has 0 saturated heterocycles. The molecule has 1 amide bonds. The first kappa shape index (κ1) is 26.9. The maximum absolute atomic E-state index is 13.9. The zero-order valence-corrected chi connectivity index (χ0v) is 22.4. The summed E-state index contributed by atoms with van der Waals surface area (Å²) in [4.78, 5) is 33.2. The molecule has 0 unspecified atom stereocenters. The summed E-state index contributed by atoms with van der Waals surface area (Å²) >= 11 is 7.79. The predicted molar refractivity (Wildman–Crippen MR) is 144 cm³/mol. The van der Waals surface area contributed by atoms with Crippen LogP contribution >= 0.6 is 22.9 Å². The summed E-state index contributed by atoms with van der Waals surface area (Å²) in [7, 11) is 0. The van der Waals surface area contributed by atoms with E-state index in [2.05, 4.69) is 6.92 Å². The van der Waals surface area contributed by atoms with Crippen LogP contribution in [0.3, 0.4) is 0 Å². The van der Waals surface area contributed by atoms with Gasteiger partial charge in [-0.2, -0.15) is 0 Å². The maximum atomic E-state index is 13.9. The van der Waals surface area contributed by atoms with Crippen LogP contribution in [0.2, 0.25) is 5.02 Å². The van der Waals surface area contributed by atoms with E-state index in [1.165, 1.54) is 11.3 Å². The molecule has 0 N–H and O–H groups in total. The second kappa shape index (κ2) is 12.3. The van der Waals surface area contributed by atoms with Gasteiger partial charge in [0.05, 0.1) is 18.0 Å². The Morgan fingerprint density at radius 2 is 1.77 bits per heavy atom. The number of carbonyl (C=O) groups excluding carboxylic acids is 2. The summed E-state index contributed by atoms with van der Waals surface area (Å²) in [5, 5.41) is 3.14. The van der Waals surface area contributed by atoms with Crippen LogP contribution in [0.4, 0.5) is 5.13 Å². The molecule has 0 aliphatic heterocycles. The summed E-state index contributed by atoms with van der Waals surface area (Å²) in [5.74, 6) is -1.05. The molecule has 35 heavy (non-hydrogen) atoms. The third-order valence-corrected chi connectivity index (χ3v) is 6.57. The fourth-order valence-corrected chi connectivity index (χ4v) is 4.84. The minimum atomic E-state index is -0.613. The lowest BCUT2D eigenvalue weighted by atomic mass is 9.94. The van der Waals surface area contributed by atoms with Crippen LogP contribution < -0.4 is 4.90 Å². The van der Waals surface area contributed by atoms with Crippen molar-refractivity contribution in [2.45, 2.75) is 59.0 Å². The molecule has 5 nitrogen and oxygen atoms in total. The maximum Gasteiger partial charge on any atom is 0.307 e. The van der Waals surface area contributed by atoms with E-state index >= 15 is 0 Å². The third kappa shape index (κ3) is 7.91. The van der Waals surface area contributed by atoms with Gasteiger partial charge in [-0.1, -0.05) is 73.5 Å². The normalized spacial score (nSPS) is 12.3. The highest BCUT2D eigenvalue weighted by molar-refractivity contribution is 7.14. The lowest BCUT2D eigenvalue weighted by Gasteiger charge is -2.26. The van der Waals surface area contributed by atoms with Crippen LogP contribution in [0.25, 0.3) is 11.3 Å². The van der Waals surface area contributed by atoms with E-state index in [1.54, 1.807) is 4.90 Å². The molecule has 0 saturated carbocycles. The molecule has 3 rings (SSSR count). The van der Waals surface area contributed by atoms with Gasteiger partial charge in [0, 0.05) is 22.5 Å². The van der Waals surface area contributed by atoms with Crippen LogP contribution in [0.1, 0.15) is 52.5 Å². The zero-order valence-electron chi connectivity index (χ0n) is 20.8. The second-order valence-electron chi connectivity index (χ2n) is 9.52. The van der Waals surface area contributed by atoms with Crippen LogP contribution in [-0.4, -0.2) is 29.0 Å². The van der Waals surface area contributed by atoms with Crippen LogP contribution in [-0.2, 0) is 20.7 Å². The molecule has 1 heterocycles.